The molecule has 5 heterocycles. The van der Waals surface area contributed by atoms with Crippen molar-refractivity contribution in [2.75, 3.05) is 0 Å². The topological polar surface area (TPSA) is 105 Å². The van der Waals surface area contributed by atoms with Gasteiger partial charge in [-0.3, -0.25) is 14.6 Å². The first-order valence-electron chi connectivity index (χ1n) is 19.5. The van der Waals surface area contributed by atoms with Crippen molar-refractivity contribution in [3.63, 3.8) is 0 Å². The van der Waals surface area contributed by atoms with Gasteiger partial charge in [-0.2, -0.15) is 0 Å². The summed E-state index contributed by atoms with van der Waals surface area (Å²) in [6.07, 6.45) is 5.39. The first-order valence-corrected chi connectivity index (χ1v) is 19.9. The van der Waals surface area contributed by atoms with E-state index < -0.39 is 18.3 Å². The van der Waals surface area contributed by atoms with Crippen LogP contribution in [0, 0.1) is 0 Å². The highest BCUT2D eigenvalue weighted by Crippen LogP contribution is 2.40. The van der Waals surface area contributed by atoms with Crippen LogP contribution < -0.4 is 5.46 Å². The Hall–Kier alpha value is -6.65. The summed E-state index contributed by atoms with van der Waals surface area (Å²) in [6, 6.07) is 42.8. The van der Waals surface area contributed by atoms with Gasteiger partial charge in [0.2, 0.25) is 0 Å². The maximum absolute atomic E-state index is 11.5. The monoisotopic (exact) mass is 824 g/mol. The van der Waals surface area contributed by atoms with Crippen LogP contribution >= 0.6 is 11.6 Å². The SMILES string of the molecule is C.CC1(C)OB(c2cccc3oc4cccc(C=O)c4c23)OC1(C)C.Clc1cc2ccccc2cn1.O=Cc1cccc2oc3cccc(-c4cc5ccccc5cn4)c3c12. The number of hydrogen-bond donors (Lipinski definition) is 0. The third-order valence-corrected chi connectivity index (χ3v) is 11.6. The Morgan fingerprint density at radius 1 is 0.525 bits per heavy atom. The minimum atomic E-state index is -0.501. The molecule has 6 aromatic carbocycles. The molecular formula is C51H42BClN2O6. The molecule has 8 nitrogen and oxygen atoms in total. The maximum Gasteiger partial charge on any atom is 0.495 e. The first-order chi connectivity index (χ1) is 29.0. The lowest BCUT2D eigenvalue weighted by Gasteiger charge is -2.32. The summed E-state index contributed by atoms with van der Waals surface area (Å²) in [5, 5.41) is 8.51. The number of hydrogen-bond acceptors (Lipinski definition) is 8. The van der Waals surface area contributed by atoms with Crippen molar-refractivity contribution in [1.29, 1.82) is 0 Å². The van der Waals surface area contributed by atoms with Crippen molar-refractivity contribution in [1.82, 2.24) is 9.97 Å². The van der Waals surface area contributed by atoms with Crippen molar-refractivity contribution in [3.05, 3.63) is 162 Å². The number of fused-ring (bicyclic) bond motifs is 8. The second-order valence-corrected chi connectivity index (χ2v) is 16.0. The van der Waals surface area contributed by atoms with Crippen LogP contribution in [0.2, 0.25) is 5.15 Å². The minimum Gasteiger partial charge on any atom is -0.456 e. The molecule has 4 aromatic heterocycles. The molecule has 1 saturated heterocycles. The Kier molecular flexibility index (Phi) is 11.1. The molecule has 0 spiro atoms. The summed E-state index contributed by atoms with van der Waals surface area (Å²) in [4.78, 5) is 31.6. The van der Waals surface area contributed by atoms with Gasteiger partial charge in [-0.15, -0.1) is 0 Å². The van der Waals surface area contributed by atoms with Crippen LogP contribution in [0.3, 0.4) is 0 Å². The number of benzene rings is 6. The van der Waals surface area contributed by atoms with Crippen molar-refractivity contribution in [2.45, 2.75) is 46.3 Å². The highest BCUT2D eigenvalue weighted by Gasteiger charge is 2.52. The van der Waals surface area contributed by atoms with E-state index in [4.69, 9.17) is 29.7 Å². The Labute approximate surface area is 358 Å². The molecule has 0 N–H and O–H groups in total. The van der Waals surface area contributed by atoms with Crippen LogP contribution in [-0.2, 0) is 9.31 Å². The van der Waals surface area contributed by atoms with Gasteiger partial charge in [-0.1, -0.05) is 116 Å². The molecule has 1 fully saturated rings. The van der Waals surface area contributed by atoms with Crippen LogP contribution in [-0.4, -0.2) is 40.9 Å². The zero-order valence-corrected chi connectivity index (χ0v) is 34.1. The summed E-state index contributed by atoms with van der Waals surface area (Å²) in [5.41, 5.74) is 6.01. The average molecular weight is 825 g/mol. The number of halogens is 1. The standard InChI is InChI=1S/C22H13NO2.C19H19BO4.C9H6ClN.CH4/c24-13-16-7-3-9-19-21(16)22-17(8-4-10-20(22)25-19)18-11-14-5-1-2-6-15(14)12-23-18;1-18(2)19(3,4)24-20(23-18)13-8-6-10-15-17(13)16-12(11-21)7-5-9-14(16)22-15;10-9-5-7-3-1-2-4-8(7)6-11-9;/h1-13H;5-11H,1-4H3;1-6H;1H4. The molecule has 11 rings (SSSR count). The molecule has 0 bridgehead atoms. The van der Waals surface area contributed by atoms with Crippen LogP contribution in [0.4, 0.5) is 0 Å². The first kappa shape index (κ1) is 41.1. The molecule has 1 aliphatic heterocycles. The van der Waals surface area contributed by atoms with Gasteiger partial charge in [0.1, 0.15) is 27.5 Å². The normalized spacial score (nSPS) is 14.1. The highest BCUT2D eigenvalue weighted by atomic mass is 35.5. The Balaban J connectivity index is 0.000000134. The largest absolute Gasteiger partial charge is 0.495 e. The summed E-state index contributed by atoms with van der Waals surface area (Å²) < 4.78 is 24.3. The summed E-state index contributed by atoms with van der Waals surface area (Å²) in [5.74, 6) is 0. The molecule has 302 valence electrons. The van der Waals surface area contributed by atoms with Crippen molar-refractivity contribution in [3.8, 4) is 11.3 Å². The number of pyridine rings is 2. The fourth-order valence-corrected chi connectivity index (χ4v) is 7.84. The van der Waals surface area contributed by atoms with E-state index in [2.05, 4.69) is 22.1 Å². The van der Waals surface area contributed by atoms with Crippen molar-refractivity contribution < 1.29 is 27.7 Å². The van der Waals surface area contributed by atoms with E-state index in [0.29, 0.717) is 27.4 Å². The Morgan fingerprint density at radius 2 is 0.984 bits per heavy atom. The third kappa shape index (κ3) is 7.57. The molecular weight excluding hydrogens is 783 g/mol. The molecule has 0 aliphatic carbocycles. The fraction of sp³-hybridized carbons (Fsp3) is 0.137. The number of aldehydes is 2. The molecule has 0 unspecified atom stereocenters. The lowest BCUT2D eigenvalue weighted by atomic mass is 9.76. The Morgan fingerprint density at radius 3 is 1.56 bits per heavy atom. The second kappa shape index (κ2) is 16.4. The summed E-state index contributed by atoms with van der Waals surface area (Å²) >= 11 is 5.71. The van der Waals surface area contributed by atoms with Gasteiger partial charge in [-0.05, 0) is 80.3 Å². The fourth-order valence-electron chi connectivity index (χ4n) is 7.68. The molecule has 0 amide bonds. The van der Waals surface area contributed by atoms with E-state index in [1.165, 1.54) is 0 Å². The van der Waals surface area contributed by atoms with E-state index in [9.17, 15) is 9.59 Å². The molecule has 0 radical (unpaired) electrons. The van der Waals surface area contributed by atoms with E-state index >= 15 is 0 Å². The van der Waals surface area contributed by atoms with Gasteiger partial charge in [0, 0.05) is 61.4 Å². The van der Waals surface area contributed by atoms with E-state index in [-0.39, 0.29) is 7.43 Å². The summed E-state index contributed by atoms with van der Waals surface area (Å²) in [6.45, 7) is 8.10. The number of furan rings is 2. The van der Waals surface area contributed by atoms with Gasteiger partial charge >= 0.3 is 7.12 Å². The van der Waals surface area contributed by atoms with Gasteiger partial charge < -0.3 is 18.1 Å². The summed E-state index contributed by atoms with van der Waals surface area (Å²) in [7, 11) is -0.501. The molecule has 10 heteroatoms. The highest BCUT2D eigenvalue weighted by molar-refractivity contribution is 6.66. The zero-order chi connectivity index (χ0) is 41.6. The predicted octanol–water partition coefficient (Wildman–Crippen LogP) is 12.8. The molecule has 0 saturated carbocycles. The number of aromatic nitrogens is 2. The van der Waals surface area contributed by atoms with Gasteiger partial charge in [0.05, 0.1) is 16.9 Å². The number of rotatable bonds is 4. The van der Waals surface area contributed by atoms with Crippen LogP contribution in [0.1, 0.15) is 55.8 Å². The minimum absolute atomic E-state index is 0. The van der Waals surface area contributed by atoms with Crippen LogP contribution in [0.25, 0.3) is 76.7 Å². The smallest absolute Gasteiger partial charge is 0.456 e. The van der Waals surface area contributed by atoms with E-state index in [0.717, 1.165) is 83.5 Å². The predicted molar refractivity (Wildman–Crippen MR) is 248 cm³/mol. The number of nitrogens with zero attached hydrogens (tertiary/aromatic N) is 2. The van der Waals surface area contributed by atoms with Crippen molar-refractivity contribution >= 4 is 102 Å². The van der Waals surface area contributed by atoms with Crippen LogP contribution in [0.15, 0.2) is 155 Å². The molecule has 0 atom stereocenters. The van der Waals surface area contributed by atoms with Crippen LogP contribution in [0.5, 0.6) is 0 Å². The van der Waals surface area contributed by atoms with E-state index in [1.807, 2.05) is 149 Å². The van der Waals surface area contributed by atoms with Crippen molar-refractivity contribution in [2.24, 2.45) is 0 Å². The molecule has 10 aromatic rings. The average Bonchev–Trinajstić information content (AvgIpc) is 3.91. The lowest BCUT2D eigenvalue weighted by Crippen LogP contribution is -2.41. The lowest BCUT2D eigenvalue weighted by molar-refractivity contribution is 0.00578. The number of carbonyl (C=O) groups is 2. The third-order valence-electron chi connectivity index (χ3n) is 11.4. The van der Waals surface area contributed by atoms with E-state index in [1.54, 1.807) is 12.3 Å². The van der Waals surface area contributed by atoms with Gasteiger partial charge in [0.15, 0.2) is 12.6 Å². The number of carbonyl (C=O) groups excluding carboxylic acids is 2. The Bertz CT molecular complexity index is 3250. The van der Waals surface area contributed by atoms with Gasteiger partial charge in [0.25, 0.3) is 0 Å². The molecule has 1 aliphatic rings. The quantitative estimate of drug-likeness (QED) is 0.0981. The molecule has 61 heavy (non-hydrogen) atoms. The maximum atomic E-state index is 11.5. The van der Waals surface area contributed by atoms with Gasteiger partial charge in [-0.25, -0.2) is 4.98 Å². The zero-order valence-electron chi connectivity index (χ0n) is 33.3. The second-order valence-electron chi connectivity index (χ2n) is 15.6.